The summed E-state index contributed by atoms with van der Waals surface area (Å²) in [5.41, 5.74) is 1.25. The number of rotatable bonds is 6. The van der Waals surface area contributed by atoms with Crippen molar-refractivity contribution in [3.63, 3.8) is 0 Å². The summed E-state index contributed by atoms with van der Waals surface area (Å²) in [5.74, 6) is 0.0870. The van der Waals surface area contributed by atoms with Gasteiger partial charge < -0.3 is 10.1 Å². The highest BCUT2D eigenvalue weighted by atomic mass is 32.2. The molecule has 0 radical (unpaired) electrons. The quantitative estimate of drug-likeness (QED) is 0.616. The first-order valence-electron chi connectivity index (χ1n) is 7.65. The maximum absolute atomic E-state index is 12.1. The maximum atomic E-state index is 12.1. The predicted octanol–water partition coefficient (Wildman–Crippen LogP) is 2.13. The van der Waals surface area contributed by atoms with E-state index < -0.39 is 16.0 Å². The first-order chi connectivity index (χ1) is 12.4. The molecule has 0 amide bonds. The first kappa shape index (κ1) is 18.2. The highest BCUT2D eigenvalue weighted by molar-refractivity contribution is 7.89. The summed E-state index contributed by atoms with van der Waals surface area (Å²) in [6.07, 6.45) is 1.42. The monoisotopic (exact) mass is 392 g/mol. The van der Waals surface area contributed by atoms with E-state index in [1.54, 1.807) is 24.4 Å². The van der Waals surface area contributed by atoms with Gasteiger partial charge in [0.2, 0.25) is 10.0 Å². The number of ether oxygens (including phenoxy) is 1. The van der Waals surface area contributed by atoms with Gasteiger partial charge in [0, 0.05) is 11.9 Å². The molecule has 0 aliphatic carbocycles. The van der Waals surface area contributed by atoms with Gasteiger partial charge in [-0.15, -0.1) is 11.3 Å². The maximum Gasteiger partial charge on any atom is 0.339 e. The van der Waals surface area contributed by atoms with Crippen LogP contribution in [0.1, 0.15) is 22.8 Å². The lowest BCUT2D eigenvalue weighted by molar-refractivity contribution is 0.0529. The van der Waals surface area contributed by atoms with Crippen molar-refractivity contribution in [3.8, 4) is 0 Å². The number of aromatic nitrogens is 2. The molecule has 0 saturated carbocycles. The first-order valence-corrected chi connectivity index (χ1v) is 10.1. The Kier molecular flexibility index (Phi) is 5.16. The van der Waals surface area contributed by atoms with Gasteiger partial charge in [-0.25, -0.2) is 28.3 Å². The molecule has 0 saturated heterocycles. The summed E-state index contributed by atoms with van der Waals surface area (Å²) in [5, 5.41) is 10.5. The summed E-state index contributed by atoms with van der Waals surface area (Å²) in [4.78, 5) is 21.2. The number of fused-ring (bicyclic) bond motifs is 1. The number of anilines is 1. The average molecular weight is 392 g/mol. The van der Waals surface area contributed by atoms with Crippen LogP contribution in [-0.2, 0) is 21.3 Å². The molecule has 1 aromatic carbocycles. The van der Waals surface area contributed by atoms with E-state index >= 15 is 0 Å². The fourth-order valence-corrected chi connectivity index (χ4v) is 3.74. The number of carbonyl (C=O) groups is 1. The van der Waals surface area contributed by atoms with Crippen molar-refractivity contribution in [2.75, 3.05) is 11.9 Å². The van der Waals surface area contributed by atoms with Crippen LogP contribution in [0.5, 0.6) is 0 Å². The van der Waals surface area contributed by atoms with Crippen molar-refractivity contribution in [1.82, 2.24) is 9.97 Å². The second-order valence-electron chi connectivity index (χ2n) is 5.31. The van der Waals surface area contributed by atoms with Gasteiger partial charge in [-0.2, -0.15) is 0 Å². The molecule has 2 heterocycles. The zero-order chi connectivity index (χ0) is 18.7. The third-order valence-corrected chi connectivity index (χ3v) is 5.39. The van der Waals surface area contributed by atoms with Gasteiger partial charge in [-0.05, 0) is 24.6 Å². The van der Waals surface area contributed by atoms with E-state index in [0.717, 1.165) is 5.56 Å². The molecule has 0 unspecified atom stereocenters. The van der Waals surface area contributed by atoms with E-state index in [-0.39, 0.29) is 11.5 Å². The van der Waals surface area contributed by atoms with Crippen molar-refractivity contribution >= 4 is 43.4 Å². The molecule has 0 aliphatic heterocycles. The lowest BCUT2D eigenvalue weighted by Crippen LogP contribution is -2.12. The van der Waals surface area contributed by atoms with E-state index in [1.165, 1.54) is 29.8 Å². The van der Waals surface area contributed by atoms with Crippen molar-refractivity contribution in [2.45, 2.75) is 18.4 Å². The molecular formula is C16H16N4O4S2. The van der Waals surface area contributed by atoms with Gasteiger partial charge in [0.15, 0.2) is 0 Å². The minimum Gasteiger partial charge on any atom is -0.462 e. The lowest BCUT2D eigenvalue weighted by atomic mass is 10.2. The SMILES string of the molecule is CCOC(=O)c1csc2ncnc(NCc3ccc(S(N)(=O)=O)cc3)c12. The summed E-state index contributed by atoms with van der Waals surface area (Å²) >= 11 is 1.34. The number of nitrogens with zero attached hydrogens (tertiary/aromatic N) is 2. The number of esters is 1. The molecule has 2 aromatic heterocycles. The molecule has 3 N–H and O–H groups in total. The number of hydrogen-bond acceptors (Lipinski definition) is 8. The number of carbonyl (C=O) groups excluding carboxylic acids is 1. The van der Waals surface area contributed by atoms with E-state index in [9.17, 15) is 13.2 Å². The highest BCUT2D eigenvalue weighted by Crippen LogP contribution is 2.30. The summed E-state index contributed by atoms with van der Waals surface area (Å²) in [7, 11) is -3.72. The Morgan fingerprint density at radius 1 is 1.27 bits per heavy atom. The van der Waals surface area contributed by atoms with E-state index in [0.29, 0.717) is 28.1 Å². The molecule has 0 spiro atoms. The predicted molar refractivity (Wildman–Crippen MR) is 98.5 cm³/mol. The van der Waals surface area contributed by atoms with Crippen molar-refractivity contribution in [3.05, 3.63) is 47.1 Å². The Balaban J connectivity index is 1.85. The Hall–Kier alpha value is -2.56. The normalized spacial score (nSPS) is 11.5. The van der Waals surface area contributed by atoms with Crippen molar-refractivity contribution in [2.24, 2.45) is 5.14 Å². The van der Waals surface area contributed by atoms with Crippen molar-refractivity contribution in [1.29, 1.82) is 0 Å². The molecule has 26 heavy (non-hydrogen) atoms. The van der Waals surface area contributed by atoms with Gasteiger partial charge in [0.25, 0.3) is 0 Å². The molecule has 0 atom stereocenters. The fraction of sp³-hybridized carbons (Fsp3) is 0.188. The number of thiophene rings is 1. The number of hydrogen-bond donors (Lipinski definition) is 2. The van der Waals surface area contributed by atoms with Crippen LogP contribution in [0.15, 0.2) is 40.9 Å². The Morgan fingerprint density at radius 3 is 2.65 bits per heavy atom. The van der Waals surface area contributed by atoms with Gasteiger partial charge in [0.05, 0.1) is 22.5 Å². The smallest absolute Gasteiger partial charge is 0.339 e. The number of benzene rings is 1. The molecule has 0 fully saturated rings. The number of sulfonamides is 1. The molecule has 8 nitrogen and oxygen atoms in total. The lowest BCUT2D eigenvalue weighted by Gasteiger charge is -2.08. The van der Waals surface area contributed by atoms with Gasteiger partial charge in [-0.3, -0.25) is 0 Å². The Labute approximate surface area is 154 Å². The second kappa shape index (κ2) is 7.36. The van der Waals surface area contributed by atoms with Gasteiger partial charge in [0.1, 0.15) is 17.0 Å². The van der Waals surface area contributed by atoms with Crippen LogP contribution in [0.4, 0.5) is 5.82 Å². The molecule has 3 aromatic rings. The van der Waals surface area contributed by atoms with Crippen LogP contribution in [0.2, 0.25) is 0 Å². The third kappa shape index (κ3) is 3.82. The van der Waals surface area contributed by atoms with Gasteiger partial charge >= 0.3 is 5.97 Å². The van der Waals surface area contributed by atoms with Crippen LogP contribution in [-0.4, -0.2) is 31.0 Å². The Bertz CT molecular complexity index is 1050. The third-order valence-electron chi connectivity index (χ3n) is 3.58. The largest absolute Gasteiger partial charge is 0.462 e. The zero-order valence-corrected chi connectivity index (χ0v) is 15.4. The van der Waals surface area contributed by atoms with Crippen LogP contribution in [0, 0.1) is 0 Å². The number of nitrogens with two attached hydrogens (primary N) is 1. The standard InChI is InChI=1S/C16H16N4O4S2/c1-2-24-16(21)12-8-25-15-13(12)14(19-9-20-15)18-7-10-3-5-11(6-4-10)26(17,22)23/h3-6,8-9H,2,7H2,1H3,(H2,17,22,23)(H,18,19,20). The zero-order valence-electron chi connectivity index (χ0n) is 13.8. The number of nitrogens with one attached hydrogen (secondary N) is 1. The topological polar surface area (TPSA) is 124 Å². The van der Waals surface area contributed by atoms with Crippen LogP contribution in [0.25, 0.3) is 10.2 Å². The Morgan fingerprint density at radius 2 is 2.00 bits per heavy atom. The molecule has 3 rings (SSSR count). The van der Waals surface area contributed by atoms with Crippen molar-refractivity contribution < 1.29 is 17.9 Å². The highest BCUT2D eigenvalue weighted by Gasteiger charge is 2.18. The summed E-state index contributed by atoms with van der Waals surface area (Å²) in [6, 6.07) is 6.20. The molecular weight excluding hydrogens is 376 g/mol. The molecule has 136 valence electrons. The van der Waals surface area contributed by atoms with E-state index in [1.807, 2.05) is 0 Å². The number of primary sulfonamides is 1. The second-order valence-corrected chi connectivity index (χ2v) is 7.73. The van der Waals surface area contributed by atoms with E-state index in [4.69, 9.17) is 9.88 Å². The summed E-state index contributed by atoms with van der Waals surface area (Å²) in [6.45, 7) is 2.41. The van der Waals surface area contributed by atoms with Crippen LogP contribution in [0.3, 0.4) is 0 Å². The van der Waals surface area contributed by atoms with Crippen LogP contribution < -0.4 is 10.5 Å². The summed E-state index contributed by atoms with van der Waals surface area (Å²) < 4.78 is 27.7. The van der Waals surface area contributed by atoms with Crippen LogP contribution >= 0.6 is 11.3 Å². The van der Waals surface area contributed by atoms with E-state index in [2.05, 4.69) is 15.3 Å². The molecule has 0 bridgehead atoms. The minimum atomic E-state index is -3.72. The minimum absolute atomic E-state index is 0.0492. The molecule has 10 heteroatoms. The molecule has 0 aliphatic rings. The average Bonchev–Trinajstić information content (AvgIpc) is 3.04. The van der Waals surface area contributed by atoms with Gasteiger partial charge in [-0.1, -0.05) is 12.1 Å². The fourth-order valence-electron chi connectivity index (χ4n) is 2.35.